The SMILES string of the molecule is COC(=O)[C@@H](CCSC)NC(=O)CCCOc1ccc(Cl)cc1C. The van der Waals surface area contributed by atoms with Gasteiger partial charge in [0.25, 0.3) is 0 Å². The molecule has 0 spiro atoms. The van der Waals surface area contributed by atoms with Crippen molar-refractivity contribution < 1.29 is 19.1 Å². The van der Waals surface area contributed by atoms with Crippen LogP contribution in [0.15, 0.2) is 18.2 Å². The second kappa shape index (κ2) is 11.2. The van der Waals surface area contributed by atoms with E-state index in [1.165, 1.54) is 7.11 Å². The van der Waals surface area contributed by atoms with E-state index in [4.69, 9.17) is 21.1 Å². The molecule has 0 saturated heterocycles. The number of esters is 1. The van der Waals surface area contributed by atoms with Crippen LogP contribution in [-0.2, 0) is 14.3 Å². The van der Waals surface area contributed by atoms with Gasteiger partial charge in [-0.2, -0.15) is 11.8 Å². The van der Waals surface area contributed by atoms with Crippen LogP contribution in [0.5, 0.6) is 5.75 Å². The topological polar surface area (TPSA) is 64.6 Å². The van der Waals surface area contributed by atoms with Crippen LogP contribution in [0.25, 0.3) is 0 Å². The molecule has 7 heteroatoms. The molecule has 0 aliphatic heterocycles. The highest BCUT2D eigenvalue weighted by atomic mass is 35.5. The summed E-state index contributed by atoms with van der Waals surface area (Å²) in [6, 6.07) is 4.82. The summed E-state index contributed by atoms with van der Waals surface area (Å²) in [6.45, 7) is 2.34. The molecule has 0 unspecified atom stereocenters. The van der Waals surface area contributed by atoms with E-state index < -0.39 is 12.0 Å². The molecule has 0 aromatic heterocycles. The predicted octanol–water partition coefficient (Wildman–Crippen LogP) is 3.22. The molecule has 1 aromatic carbocycles. The lowest BCUT2D eigenvalue weighted by atomic mass is 10.2. The second-order valence-electron chi connectivity index (χ2n) is 5.29. The van der Waals surface area contributed by atoms with Crippen molar-refractivity contribution in [1.82, 2.24) is 5.32 Å². The molecule has 1 atom stereocenters. The van der Waals surface area contributed by atoms with E-state index in [9.17, 15) is 9.59 Å². The van der Waals surface area contributed by atoms with Crippen LogP contribution in [-0.4, -0.2) is 43.6 Å². The predicted molar refractivity (Wildman–Crippen MR) is 97.9 cm³/mol. The molecule has 0 radical (unpaired) electrons. The van der Waals surface area contributed by atoms with Gasteiger partial charge in [0.15, 0.2) is 0 Å². The van der Waals surface area contributed by atoms with Gasteiger partial charge in [0.05, 0.1) is 13.7 Å². The summed E-state index contributed by atoms with van der Waals surface area (Å²) in [4.78, 5) is 23.6. The second-order valence-corrected chi connectivity index (χ2v) is 6.71. The van der Waals surface area contributed by atoms with Crippen molar-refractivity contribution in [2.75, 3.05) is 25.7 Å². The van der Waals surface area contributed by atoms with E-state index >= 15 is 0 Å². The molecular formula is C17H24ClNO4S. The highest BCUT2D eigenvalue weighted by Gasteiger charge is 2.20. The normalized spacial score (nSPS) is 11.7. The fourth-order valence-corrected chi connectivity index (χ4v) is 2.78. The summed E-state index contributed by atoms with van der Waals surface area (Å²) in [5.41, 5.74) is 0.953. The van der Waals surface area contributed by atoms with Crippen LogP contribution in [0.3, 0.4) is 0 Å². The van der Waals surface area contributed by atoms with E-state index in [0.29, 0.717) is 30.9 Å². The maximum absolute atomic E-state index is 12.0. The number of thioether (sulfide) groups is 1. The fourth-order valence-electron chi connectivity index (χ4n) is 2.08. The smallest absolute Gasteiger partial charge is 0.328 e. The molecular weight excluding hydrogens is 350 g/mol. The fraction of sp³-hybridized carbons (Fsp3) is 0.529. The molecule has 24 heavy (non-hydrogen) atoms. The Bertz CT molecular complexity index is 553. The van der Waals surface area contributed by atoms with Crippen molar-refractivity contribution in [2.45, 2.75) is 32.2 Å². The summed E-state index contributed by atoms with van der Waals surface area (Å²) < 4.78 is 10.4. The van der Waals surface area contributed by atoms with Gasteiger partial charge in [-0.3, -0.25) is 4.79 Å². The molecule has 0 saturated carbocycles. The summed E-state index contributed by atoms with van der Waals surface area (Å²) in [5, 5.41) is 3.39. The number of halogens is 1. The number of carbonyl (C=O) groups excluding carboxylic acids is 2. The summed E-state index contributed by atoms with van der Waals surface area (Å²) in [6.07, 6.45) is 3.36. The average Bonchev–Trinajstić information content (AvgIpc) is 2.56. The number of ether oxygens (including phenoxy) is 2. The van der Waals surface area contributed by atoms with E-state index in [0.717, 1.165) is 17.1 Å². The van der Waals surface area contributed by atoms with Gasteiger partial charge in [0.2, 0.25) is 5.91 Å². The number of hydrogen-bond donors (Lipinski definition) is 1. The minimum absolute atomic E-state index is 0.178. The van der Waals surface area contributed by atoms with Crippen molar-refractivity contribution >= 4 is 35.2 Å². The Morgan fingerprint density at radius 1 is 1.38 bits per heavy atom. The monoisotopic (exact) mass is 373 g/mol. The van der Waals surface area contributed by atoms with Crippen molar-refractivity contribution in [3.8, 4) is 5.75 Å². The molecule has 1 aromatic rings. The highest BCUT2D eigenvalue weighted by molar-refractivity contribution is 7.98. The Balaban J connectivity index is 2.35. The average molecular weight is 374 g/mol. The Morgan fingerprint density at radius 2 is 2.12 bits per heavy atom. The number of methoxy groups -OCH3 is 1. The summed E-state index contributed by atoms with van der Waals surface area (Å²) in [5.74, 6) is 0.944. The molecule has 5 nitrogen and oxygen atoms in total. The van der Waals surface area contributed by atoms with Gasteiger partial charge < -0.3 is 14.8 Å². The first-order valence-electron chi connectivity index (χ1n) is 7.73. The molecule has 0 bridgehead atoms. The minimum atomic E-state index is -0.589. The molecule has 1 amide bonds. The largest absolute Gasteiger partial charge is 0.493 e. The van der Waals surface area contributed by atoms with Crippen molar-refractivity contribution in [1.29, 1.82) is 0 Å². The standard InChI is InChI=1S/C17H24ClNO4S/c1-12-11-13(18)6-7-15(12)23-9-4-5-16(20)19-14(8-10-24-3)17(21)22-2/h6-7,11,14H,4-5,8-10H2,1-3H3,(H,19,20)/t14-/m1/s1. The van der Waals surface area contributed by atoms with Crippen molar-refractivity contribution in [3.63, 3.8) is 0 Å². The van der Waals surface area contributed by atoms with Crippen LogP contribution in [0, 0.1) is 6.92 Å². The number of amides is 1. The highest BCUT2D eigenvalue weighted by Crippen LogP contribution is 2.21. The third kappa shape index (κ3) is 7.45. The number of rotatable bonds is 10. The number of aryl methyl sites for hydroxylation is 1. The lowest BCUT2D eigenvalue weighted by Crippen LogP contribution is -2.41. The van der Waals surface area contributed by atoms with Gasteiger partial charge >= 0.3 is 5.97 Å². The quantitative estimate of drug-likeness (QED) is 0.504. The third-order valence-electron chi connectivity index (χ3n) is 3.37. The van der Waals surface area contributed by atoms with Gasteiger partial charge in [0, 0.05) is 11.4 Å². The maximum Gasteiger partial charge on any atom is 0.328 e. The number of nitrogens with one attached hydrogen (secondary N) is 1. The number of benzene rings is 1. The minimum Gasteiger partial charge on any atom is -0.493 e. The van der Waals surface area contributed by atoms with Crippen LogP contribution in [0.1, 0.15) is 24.8 Å². The van der Waals surface area contributed by atoms with Crippen molar-refractivity contribution in [3.05, 3.63) is 28.8 Å². The first kappa shape index (κ1) is 20.6. The van der Waals surface area contributed by atoms with Crippen LogP contribution in [0.2, 0.25) is 5.02 Å². The first-order valence-corrected chi connectivity index (χ1v) is 9.50. The van der Waals surface area contributed by atoms with E-state index in [1.807, 2.05) is 25.3 Å². The Morgan fingerprint density at radius 3 is 2.75 bits per heavy atom. The lowest BCUT2D eigenvalue weighted by molar-refractivity contribution is -0.145. The zero-order valence-electron chi connectivity index (χ0n) is 14.3. The van der Waals surface area contributed by atoms with Gasteiger partial charge in [0.1, 0.15) is 11.8 Å². The Hall–Kier alpha value is -1.40. The summed E-state index contributed by atoms with van der Waals surface area (Å²) >= 11 is 7.51. The van der Waals surface area contributed by atoms with Gasteiger partial charge in [-0.1, -0.05) is 11.6 Å². The maximum atomic E-state index is 12.0. The van der Waals surface area contributed by atoms with Gasteiger partial charge in [-0.05, 0) is 55.5 Å². The van der Waals surface area contributed by atoms with Crippen LogP contribution < -0.4 is 10.1 Å². The molecule has 0 aliphatic rings. The Kier molecular flexibility index (Phi) is 9.64. The van der Waals surface area contributed by atoms with E-state index in [2.05, 4.69) is 5.32 Å². The first-order chi connectivity index (χ1) is 11.5. The van der Waals surface area contributed by atoms with Crippen molar-refractivity contribution in [2.24, 2.45) is 0 Å². The van der Waals surface area contributed by atoms with Crippen LogP contribution >= 0.6 is 23.4 Å². The number of hydrogen-bond acceptors (Lipinski definition) is 5. The summed E-state index contributed by atoms with van der Waals surface area (Å²) in [7, 11) is 1.32. The third-order valence-corrected chi connectivity index (χ3v) is 4.25. The molecule has 1 N–H and O–H groups in total. The molecule has 1 rings (SSSR count). The molecule has 0 heterocycles. The van der Waals surface area contributed by atoms with Crippen LogP contribution in [0.4, 0.5) is 0 Å². The molecule has 0 fully saturated rings. The van der Waals surface area contributed by atoms with Gasteiger partial charge in [-0.25, -0.2) is 4.79 Å². The van der Waals surface area contributed by atoms with E-state index in [-0.39, 0.29) is 5.91 Å². The lowest BCUT2D eigenvalue weighted by Gasteiger charge is -2.16. The molecule has 0 aliphatic carbocycles. The van der Waals surface area contributed by atoms with Gasteiger partial charge in [-0.15, -0.1) is 0 Å². The molecule has 134 valence electrons. The van der Waals surface area contributed by atoms with E-state index in [1.54, 1.807) is 17.8 Å². The zero-order valence-corrected chi connectivity index (χ0v) is 15.8. The zero-order chi connectivity index (χ0) is 17.9. The Labute approximate surface area is 152 Å². The number of carbonyl (C=O) groups is 2.